The molecule has 2 aromatic heterocycles. The van der Waals surface area contributed by atoms with E-state index in [1.54, 1.807) is 12.4 Å². The number of fused-ring (bicyclic) bond motifs is 2. The van der Waals surface area contributed by atoms with Crippen molar-refractivity contribution in [3.05, 3.63) is 65.3 Å². The number of amides is 1. The first kappa shape index (κ1) is 21.7. The molecule has 0 spiro atoms. The van der Waals surface area contributed by atoms with Gasteiger partial charge in [0, 0.05) is 43.6 Å². The number of thiophene rings is 1. The first-order chi connectivity index (χ1) is 17.2. The van der Waals surface area contributed by atoms with Crippen molar-refractivity contribution < 1.29 is 14.3 Å². The molecule has 178 valence electrons. The number of anilines is 3. The van der Waals surface area contributed by atoms with Gasteiger partial charge in [0.25, 0.3) is 5.91 Å². The number of aryl methyl sites for hydroxylation is 1. The molecule has 1 N–H and O–H groups in total. The van der Waals surface area contributed by atoms with Gasteiger partial charge in [-0.3, -0.25) is 4.79 Å². The minimum Gasteiger partial charge on any atom is -0.486 e. The van der Waals surface area contributed by atoms with Crippen LogP contribution in [-0.4, -0.2) is 55.3 Å². The second kappa shape index (κ2) is 9.07. The highest BCUT2D eigenvalue weighted by atomic mass is 32.1. The molecule has 35 heavy (non-hydrogen) atoms. The molecule has 8 nitrogen and oxygen atoms in total. The predicted octanol–water partition coefficient (Wildman–Crippen LogP) is 4.35. The van der Waals surface area contributed by atoms with Gasteiger partial charge in [0.15, 0.2) is 11.5 Å². The van der Waals surface area contributed by atoms with E-state index in [4.69, 9.17) is 9.47 Å². The fourth-order valence-corrected chi connectivity index (χ4v) is 5.67. The SMILES string of the molecule is Cc1c(C(=O)Nc2ccc3c(c2)OCCO3)sc2ncnc(N3CCN(c4ccccc4)CC3)c12. The standard InChI is InChI=1S/C26H25N5O3S/c1-17-22-24(31-11-9-30(10-12-31)19-5-3-2-4-6-19)27-16-28-26(22)35-23(17)25(32)29-18-7-8-20-21(15-18)34-14-13-33-20/h2-8,15-16H,9-14H2,1H3,(H,29,32). The van der Waals surface area contributed by atoms with Crippen LogP contribution >= 0.6 is 11.3 Å². The molecule has 2 aliphatic heterocycles. The summed E-state index contributed by atoms with van der Waals surface area (Å²) in [6, 6.07) is 15.9. The summed E-state index contributed by atoms with van der Waals surface area (Å²) in [6.45, 7) is 6.55. The van der Waals surface area contributed by atoms with Gasteiger partial charge in [-0.1, -0.05) is 18.2 Å². The molecule has 1 amide bonds. The van der Waals surface area contributed by atoms with Gasteiger partial charge >= 0.3 is 0 Å². The molecule has 1 saturated heterocycles. The van der Waals surface area contributed by atoms with E-state index in [0.717, 1.165) is 47.8 Å². The molecule has 0 radical (unpaired) electrons. The van der Waals surface area contributed by atoms with E-state index in [1.165, 1.54) is 17.0 Å². The Morgan fingerprint density at radius 3 is 2.49 bits per heavy atom. The zero-order chi connectivity index (χ0) is 23.8. The molecule has 0 aliphatic carbocycles. The predicted molar refractivity (Wildman–Crippen MR) is 138 cm³/mol. The topological polar surface area (TPSA) is 79.8 Å². The third-order valence-corrected chi connectivity index (χ3v) is 7.61. The van der Waals surface area contributed by atoms with Gasteiger partial charge in [0.1, 0.15) is 30.2 Å². The summed E-state index contributed by atoms with van der Waals surface area (Å²) >= 11 is 1.40. The number of rotatable bonds is 4. The summed E-state index contributed by atoms with van der Waals surface area (Å²) in [5, 5.41) is 3.96. The summed E-state index contributed by atoms with van der Waals surface area (Å²) in [7, 11) is 0. The normalized spacial score (nSPS) is 15.3. The Morgan fingerprint density at radius 1 is 0.943 bits per heavy atom. The number of nitrogens with one attached hydrogen (secondary N) is 1. The molecule has 4 aromatic rings. The molecule has 0 atom stereocenters. The number of aromatic nitrogens is 2. The van der Waals surface area contributed by atoms with Crippen molar-refractivity contribution in [3.63, 3.8) is 0 Å². The summed E-state index contributed by atoms with van der Waals surface area (Å²) in [5.41, 5.74) is 2.81. The van der Waals surface area contributed by atoms with Crippen LogP contribution in [0.5, 0.6) is 11.5 Å². The zero-order valence-electron chi connectivity index (χ0n) is 19.4. The van der Waals surface area contributed by atoms with Gasteiger partial charge in [0.2, 0.25) is 0 Å². The summed E-state index contributed by atoms with van der Waals surface area (Å²) in [6.07, 6.45) is 1.60. The number of carbonyl (C=O) groups excluding carboxylic acids is 1. The molecule has 9 heteroatoms. The number of nitrogens with zero attached hydrogens (tertiary/aromatic N) is 4. The third-order valence-electron chi connectivity index (χ3n) is 6.41. The van der Waals surface area contributed by atoms with Gasteiger partial charge in [-0.15, -0.1) is 11.3 Å². The molecule has 6 rings (SSSR count). The molecular weight excluding hydrogens is 462 g/mol. The highest BCUT2D eigenvalue weighted by Crippen LogP contribution is 2.37. The molecule has 0 unspecified atom stereocenters. The van der Waals surface area contributed by atoms with Gasteiger partial charge in [0.05, 0.1) is 10.3 Å². The fraction of sp³-hybridized carbons (Fsp3) is 0.269. The van der Waals surface area contributed by atoms with Crippen LogP contribution in [0, 0.1) is 6.92 Å². The first-order valence-corrected chi connectivity index (χ1v) is 12.5. The quantitative estimate of drug-likeness (QED) is 0.458. The Hall–Kier alpha value is -3.85. The average Bonchev–Trinajstić information content (AvgIpc) is 3.26. The average molecular weight is 488 g/mol. The van der Waals surface area contributed by atoms with Crippen LogP contribution in [0.1, 0.15) is 15.2 Å². The molecule has 4 heterocycles. The molecule has 0 bridgehead atoms. The van der Waals surface area contributed by atoms with Crippen LogP contribution in [0.3, 0.4) is 0 Å². The van der Waals surface area contributed by atoms with Crippen molar-refractivity contribution >= 4 is 44.7 Å². The summed E-state index contributed by atoms with van der Waals surface area (Å²) in [4.78, 5) is 28.5. The lowest BCUT2D eigenvalue weighted by atomic mass is 10.1. The van der Waals surface area contributed by atoms with E-state index in [1.807, 2.05) is 25.1 Å². The lowest BCUT2D eigenvalue weighted by Crippen LogP contribution is -2.46. The van der Waals surface area contributed by atoms with Crippen LogP contribution in [0.4, 0.5) is 17.2 Å². The highest BCUT2D eigenvalue weighted by Gasteiger charge is 2.25. The van der Waals surface area contributed by atoms with Crippen LogP contribution in [-0.2, 0) is 0 Å². The maximum absolute atomic E-state index is 13.2. The lowest BCUT2D eigenvalue weighted by Gasteiger charge is -2.37. The molecular formula is C26H25N5O3S. The monoisotopic (exact) mass is 487 g/mol. The third kappa shape index (κ3) is 4.12. The second-order valence-corrected chi connectivity index (χ2v) is 9.55. The molecule has 1 fully saturated rings. The first-order valence-electron chi connectivity index (χ1n) is 11.7. The highest BCUT2D eigenvalue weighted by molar-refractivity contribution is 7.20. The number of ether oxygens (including phenoxy) is 2. The van der Waals surface area contributed by atoms with Crippen LogP contribution < -0.4 is 24.6 Å². The van der Waals surface area contributed by atoms with Crippen LogP contribution in [0.25, 0.3) is 10.2 Å². The minimum absolute atomic E-state index is 0.165. The van der Waals surface area contributed by atoms with E-state index in [0.29, 0.717) is 35.3 Å². The van der Waals surface area contributed by atoms with Crippen LogP contribution in [0.15, 0.2) is 54.9 Å². The van der Waals surface area contributed by atoms with Crippen molar-refractivity contribution in [1.29, 1.82) is 0 Å². The largest absolute Gasteiger partial charge is 0.486 e. The van der Waals surface area contributed by atoms with Crippen molar-refractivity contribution in [1.82, 2.24) is 9.97 Å². The fourth-order valence-electron chi connectivity index (χ4n) is 4.63. The Bertz CT molecular complexity index is 1380. The van der Waals surface area contributed by atoms with E-state index in [2.05, 4.69) is 49.4 Å². The zero-order valence-corrected chi connectivity index (χ0v) is 20.2. The Balaban J connectivity index is 1.23. The Morgan fingerprint density at radius 2 is 1.69 bits per heavy atom. The van der Waals surface area contributed by atoms with Gasteiger partial charge in [-0.25, -0.2) is 9.97 Å². The summed E-state index contributed by atoms with van der Waals surface area (Å²) < 4.78 is 11.2. The number of piperazine rings is 1. The van der Waals surface area contributed by atoms with Crippen molar-refractivity contribution in [2.75, 3.05) is 54.5 Å². The number of carbonyl (C=O) groups is 1. The second-order valence-electron chi connectivity index (χ2n) is 8.56. The number of hydrogen-bond donors (Lipinski definition) is 1. The maximum atomic E-state index is 13.2. The van der Waals surface area contributed by atoms with Crippen LogP contribution in [0.2, 0.25) is 0 Å². The smallest absolute Gasteiger partial charge is 0.266 e. The van der Waals surface area contributed by atoms with Crippen molar-refractivity contribution in [2.45, 2.75) is 6.92 Å². The molecule has 0 saturated carbocycles. The Kier molecular flexibility index (Phi) is 5.61. The van der Waals surface area contributed by atoms with Crippen molar-refractivity contribution in [2.24, 2.45) is 0 Å². The molecule has 2 aliphatic rings. The van der Waals surface area contributed by atoms with Gasteiger partial charge in [-0.05, 0) is 36.8 Å². The molecule has 2 aromatic carbocycles. The Labute approximate surface area is 207 Å². The summed E-state index contributed by atoms with van der Waals surface area (Å²) in [5.74, 6) is 2.07. The number of hydrogen-bond acceptors (Lipinski definition) is 8. The van der Waals surface area contributed by atoms with E-state index >= 15 is 0 Å². The van der Waals surface area contributed by atoms with E-state index in [9.17, 15) is 4.79 Å². The maximum Gasteiger partial charge on any atom is 0.266 e. The van der Waals surface area contributed by atoms with E-state index in [-0.39, 0.29) is 5.91 Å². The van der Waals surface area contributed by atoms with Gasteiger partial charge in [-0.2, -0.15) is 0 Å². The lowest BCUT2D eigenvalue weighted by molar-refractivity contribution is 0.103. The number of benzene rings is 2. The van der Waals surface area contributed by atoms with Crippen molar-refractivity contribution in [3.8, 4) is 11.5 Å². The van der Waals surface area contributed by atoms with E-state index < -0.39 is 0 Å². The minimum atomic E-state index is -0.165. The number of para-hydroxylation sites is 1. The van der Waals surface area contributed by atoms with Gasteiger partial charge < -0.3 is 24.6 Å².